The van der Waals surface area contributed by atoms with Gasteiger partial charge in [-0.25, -0.2) is 19.0 Å². The molecule has 1 saturated heterocycles. The number of hydrazine groups is 1. The zero-order valence-electron chi connectivity index (χ0n) is 12.1. The third-order valence-corrected chi connectivity index (χ3v) is 4.82. The summed E-state index contributed by atoms with van der Waals surface area (Å²) in [4.78, 5) is 13.6. The first kappa shape index (κ1) is 16.8. The second kappa shape index (κ2) is 7.65. The molecule has 1 amide bonds. The lowest BCUT2D eigenvalue weighted by Gasteiger charge is -2.26. The number of amides is 1. The van der Waals surface area contributed by atoms with Gasteiger partial charge in [-0.2, -0.15) is 0 Å². The van der Waals surface area contributed by atoms with E-state index in [1.54, 1.807) is 0 Å². The van der Waals surface area contributed by atoms with Crippen molar-refractivity contribution in [2.24, 2.45) is 5.84 Å². The summed E-state index contributed by atoms with van der Waals surface area (Å²) in [5, 5.41) is 0. The lowest BCUT2D eigenvalue weighted by molar-refractivity contribution is 0.0390. The van der Waals surface area contributed by atoms with Gasteiger partial charge in [0, 0.05) is 31.7 Å². The largest absolute Gasteiger partial charge is 0.379 e. The maximum absolute atomic E-state index is 12.2. The van der Waals surface area contributed by atoms with E-state index in [1.165, 1.54) is 24.3 Å². The van der Waals surface area contributed by atoms with Crippen LogP contribution in [0.1, 0.15) is 10.4 Å². The van der Waals surface area contributed by atoms with Gasteiger partial charge in [-0.3, -0.25) is 15.1 Å². The number of sulfonamides is 1. The lowest BCUT2D eigenvalue weighted by atomic mass is 10.2. The molecule has 0 unspecified atom stereocenters. The van der Waals surface area contributed by atoms with Crippen molar-refractivity contribution < 1.29 is 17.9 Å². The summed E-state index contributed by atoms with van der Waals surface area (Å²) in [6.45, 7) is 3.86. The summed E-state index contributed by atoms with van der Waals surface area (Å²) in [6, 6.07) is 5.72. The molecule has 1 fully saturated rings. The molecule has 2 rings (SSSR count). The standard InChI is InChI=1S/C13H20N4O4S/c14-16-13(18)11-2-1-3-12(10-11)22(19,20)15-4-5-17-6-8-21-9-7-17/h1-3,10,15H,4-9,14H2,(H,16,18). The summed E-state index contributed by atoms with van der Waals surface area (Å²) in [5.74, 6) is 4.51. The number of carbonyl (C=O) groups excluding carboxylic acids is 1. The molecule has 1 heterocycles. The highest BCUT2D eigenvalue weighted by molar-refractivity contribution is 7.89. The van der Waals surface area contributed by atoms with Gasteiger partial charge in [0.25, 0.3) is 5.91 Å². The Bertz CT molecular complexity index is 614. The van der Waals surface area contributed by atoms with Gasteiger partial charge >= 0.3 is 0 Å². The number of nitrogen functional groups attached to an aromatic ring is 1. The summed E-state index contributed by atoms with van der Waals surface area (Å²) >= 11 is 0. The van der Waals surface area contributed by atoms with E-state index in [9.17, 15) is 13.2 Å². The number of rotatable bonds is 6. The zero-order valence-corrected chi connectivity index (χ0v) is 12.9. The molecule has 0 radical (unpaired) electrons. The van der Waals surface area contributed by atoms with Crippen molar-refractivity contribution in [3.8, 4) is 0 Å². The molecule has 9 heteroatoms. The van der Waals surface area contributed by atoms with Crippen LogP contribution in [0.2, 0.25) is 0 Å². The van der Waals surface area contributed by atoms with Crippen LogP contribution >= 0.6 is 0 Å². The van der Waals surface area contributed by atoms with Gasteiger partial charge in [-0.05, 0) is 18.2 Å². The Morgan fingerprint density at radius 1 is 1.32 bits per heavy atom. The van der Waals surface area contributed by atoms with E-state index in [0.29, 0.717) is 26.3 Å². The topological polar surface area (TPSA) is 114 Å². The predicted octanol–water partition coefficient (Wildman–Crippen LogP) is -1.10. The molecule has 1 aliphatic rings. The molecular weight excluding hydrogens is 308 g/mol. The van der Waals surface area contributed by atoms with Gasteiger partial charge < -0.3 is 4.74 Å². The smallest absolute Gasteiger partial charge is 0.265 e. The predicted molar refractivity (Wildman–Crippen MR) is 80.5 cm³/mol. The Kier molecular flexibility index (Phi) is 5.86. The molecule has 4 N–H and O–H groups in total. The Morgan fingerprint density at radius 2 is 2.05 bits per heavy atom. The normalized spacial score (nSPS) is 16.4. The highest BCUT2D eigenvalue weighted by atomic mass is 32.2. The fourth-order valence-electron chi connectivity index (χ4n) is 2.13. The molecule has 8 nitrogen and oxygen atoms in total. The number of ether oxygens (including phenoxy) is 1. The highest BCUT2D eigenvalue weighted by Crippen LogP contribution is 2.11. The van der Waals surface area contributed by atoms with E-state index in [1.807, 2.05) is 5.43 Å². The van der Waals surface area contributed by atoms with Gasteiger partial charge in [0.1, 0.15) is 0 Å². The summed E-state index contributed by atoms with van der Waals surface area (Å²) in [5.41, 5.74) is 2.17. The number of nitrogens with two attached hydrogens (primary N) is 1. The summed E-state index contributed by atoms with van der Waals surface area (Å²) in [6.07, 6.45) is 0. The van der Waals surface area contributed by atoms with Crippen LogP contribution in [0.4, 0.5) is 0 Å². The number of hydrogen-bond acceptors (Lipinski definition) is 6. The Labute approximate surface area is 129 Å². The van der Waals surface area contributed by atoms with Crippen LogP contribution in [0.5, 0.6) is 0 Å². The third kappa shape index (κ3) is 4.49. The minimum atomic E-state index is -3.65. The number of benzene rings is 1. The van der Waals surface area contributed by atoms with Crippen LogP contribution in [0.15, 0.2) is 29.2 Å². The second-order valence-corrected chi connectivity index (χ2v) is 6.62. The Balaban J connectivity index is 1.96. The van der Waals surface area contributed by atoms with E-state index in [2.05, 4.69) is 9.62 Å². The first-order valence-electron chi connectivity index (χ1n) is 6.94. The van der Waals surface area contributed by atoms with Crippen molar-refractivity contribution in [2.45, 2.75) is 4.90 Å². The monoisotopic (exact) mass is 328 g/mol. The van der Waals surface area contributed by atoms with E-state index in [4.69, 9.17) is 10.6 Å². The van der Waals surface area contributed by atoms with Crippen LogP contribution in [0.3, 0.4) is 0 Å². The molecule has 22 heavy (non-hydrogen) atoms. The fourth-order valence-corrected chi connectivity index (χ4v) is 3.20. The molecule has 0 saturated carbocycles. The van der Waals surface area contributed by atoms with Crippen LogP contribution in [0.25, 0.3) is 0 Å². The van der Waals surface area contributed by atoms with Crippen molar-refractivity contribution >= 4 is 15.9 Å². The molecule has 0 bridgehead atoms. The number of morpholine rings is 1. The molecule has 122 valence electrons. The summed E-state index contributed by atoms with van der Waals surface area (Å²) < 4.78 is 32.2. The number of hydrogen-bond donors (Lipinski definition) is 3. The third-order valence-electron chi connectivity index (χ3n) is 3.36. The SMILES string of the molecule is NNC(=O)c1cccc(S(=O)(=O)NCCN2CCOCC2)c1. The molecule has 0 aromatic heterocycles. The first-order chi connectivity index (χ1) is 10.5. The molecule has 0 atom stereocenters. The quantitative estimate of drug-likeness (QED) is 0.347. The summed E-state index contributed by atoms with van der Waals surface area (Å²) in [7, 11) is -3.65. The average Bonchev–Trinajstić information content (AvgIpc) is 2.55. The average molecular weight is 328 g/mol. The minimum Gasteiger partial charge on any atom is -0.379 e. The molecule has 1 aromatic carbocycles. The first-order valence-corrected chi connectivity index (χ1v) is 8.42. The van der Waals surface area contributed by atoms with Crippen LogP contribution in [0, 0.1) is 0 Å². The van der Waals surface area contributed by atoms with Crippen molar-refractivity contribution in [1.82, 2.24) is 15.0 Å². The van der Waals surface area contributed by atoms with Crippen molar-refractivity contribution in [3.05, 3.63) is 29.8 Å². The Morgan fingerprint density at radius 3 is 2.73 bits per heavy atom. The molecule has 1 aliphatic heterocycles. The van der Waals surface area contributed by atoms with Crippen molar-refractivity contribution in [1.29, 1.82) is 0 Å². The van der Waals surface area contributed by atoms with Crippen molar-refractivity contribution in [3.63, 3.8) is 0 Å². The maximum Gasteiger partial charge on any atom is 0.265 e. The fraction of sp³-hybridized carbons (Fsp3) is 0.462. The van der Waals surface area contributed by atoms with Crippen LogP contribution in [-0.2, 0) is 14.8 Å². The van der Waals surface area contributed by atoms with Gasteiger partial charge in [-0.15, -0.1) is 0 Å². The van der Waals surface area contributed by atoms with Gasteiger partial charge in [0.2, 0.25) is 10.0 Å². The molecule has 0 aliphatic carbocycles. The van der Waals surface area contributed by atoms with E-state index in [0.717, 1.165) is 13.1 Å². The lowest BCUT2D eigenvalue weighted by Crippen LogP contribution is -2.41. The van der Waals surface area contributed by atoms with Crippen molar-refractivity contribution in [2.75, 3.05) is 39.4 Å². The van der Waals surface area contributed by atoms with E-state index < -0.39 is 15.9 Å². The van der Waals surface area contributed by atoms with E-state index in [-0.39, 0.29) is 10.5 Å². The van der Waals surface area contributed by atoms with Gasteiger partial charge in [0.05, 0.1) is 18.1 Å². The molecule has 1 aromatic rings. The Hall–Kier alpha value is -1.52. The number of carbonyl (C=O) groups is 1. The molecular formula is C13H20N4O4S. The minimum absolute atomic E-state index is 0.0376. The second-order valence-electron chi connectivity index (χ2n) is 4.85. The highest BCUT2D eigenvalue weighted by Gasteiger charge is 2.17. The number of nitrogens with zero attached hydrogens (tertiary/aromatic N) is 1. The number of nitrogens with one attached hydrogen (secondary N) is 2. The van der Waals surface area contributed by atoms with Crippen LogP contribution in [-0.4, -0.2) is 58.6 Å². The van der Waals surface area contributed by atoms with Gasteiger partial charge in [-0.1, -0.05) is 6.07 Å². The van der Waals surface area contributed by atoms with Gasteiger partial charge in [0.15, 0.2) is 0 Å². The zero-order chi connectivity index (χ0) is 16.0. The maximum atomic E-state index is 12.2. The molecule has 0 spiro atoms. The van der Waals surface area contributed by atoms with E-state index >= 15 is 0 Å². The van der Waals surface area contributed by atoms with Crippen LogP contribution < -0.4 is 16.0 Å².